The number of amides is 1. The Balaban J connectivity index is 1.89. The van der Waals surface area contributed by atoms with Crippen LogP contribution in [-0.2, 0) is 4.79 Å². The molecule has 7 heteroatoms. The fraction of sp³-hybridized carbons (Fsp3) is 0.0625. The van der Waals surface area contributed by atoms with Crippen molar-refractivity contribution in [1.29, 1.82) is 5.26 Å². The summed E-state index contributed by atoms with van der Waals surface area (Å²) >= 11 is 3.27. The van der Waals surface area contributed by atoms with Gasteiger partial charge in [-0.05, 0) is 30.3 Å². The highest BCUT2D eigenvalue weighted by Crippen LogP contribution is 2.20. The van der Waals surface area contributed by atoms with Crippen molar-refractivity contribution < 1.29 is 14.6 Å². The Morgan fingerprint density at radius 1 is 1.39 bits per heavy atom. The number of halogens is 1. The van der Waals surface area contributed by atoms with Gasteiger partial charge in [-0.3, -0.25) is 4.79 Å². The number of aromatic hydroxyl groups is 1. The van der Waals surface area contributed by atoms with Crippen LogP contribution < -0.4 is 10.2 Å². The number of phenols is 1. The van der Waals surface area contributed by atoms with Crippen molar-refractivity contribution in [2.75, 3.05) is 6.61 Å². The predicted octanol–water partition coefficient (Wildman–Crippen LogP) is 2.56. The molecule has 6 nitrogen and oxygen atoms in total. The van der Waals surface area contributed by atoms with Crippen LogP contribution in [0.2, 0.25) is 0 Å². The molecule has 0 heterocycles. The van der Waals surface area contributed by atoms with Crippen molar-refractivity contribution in [3.05, 3.63) is 58.1 Å². The first kappa shape index (κ1) is 16.5. The van der Waals surface area contributed by atoms with Crippen molar-refractivity contribution in [2.24, 2.45) is 5.10 Å². The average Bonchev–Trinajstić information content (AvgIpc) is 2.56. The van der Waals surface area contributed by atoms with Crippen LogP contribution >= 0.6 is 15.9 Å². The molecule has 1 amide bonds. The molecule has 0 atom stereocenters. The normalized spacial score (nSPS) is 10.3. The third-order valence-electron chi connectivity index (χ3n) is 2.75. The highest BCUT2D eigenvalue weighted by atomic mass is 79.9. The number of nitrogens with one attached hydrogen (secondary N) is 1. The minimum atomic E-state index is -0.483. The predicted molar refractivity (Wildman–Crippen MR) is 88.2 cm³/mol. The molecule has 0 aliphatic heterocycles. The van der Waals surface area contributed by atoms with E-state index in [1.165, 1.54) is 12.3 Å². The van der Waals surface area contributed by atoms with Crippen molar-refractivity contribution >= 4 is 28.1 Å². The largest absolute Gasteiger partial charge is 0.507 e. The summed E-state index contributed by atoms with van der Waals surface area (Å²) in [5, 5.41) is 22.3. The van der Waals surface area contributed by atoms with Crippen LogP contribution in [0.15, 0.2) is 52.0 Å². The first-order valence-electron chi connectivity index (χ1n) is 6.52. The van der Waals surface area contributed by atoms with Crippen molar-refractivity contribution in [3.63, 3.8) is 0 Å². The van der Waals surface area contributed by atoms with Crippen molar-refractivity contribution in [1.82, 2.24) is 5.43 Å². The van der Waals surface area contributed by atoms with Crippen LogP contribution in [0, 0.1) is 11.3 Å². The molecule has 2 rings (SSSR count). The van der Waals surface area contributed by atoms with Gasteiger partial charge in [-0.25, -0.2) is 5.43 Å². The number of nitriles is 1. The van der Waals surface area contributed by atoms with Gasteiger partial charge in [0.05, 0.1) is 11.8 Å². The first-order chi connectivity index (χ1) is 11.1. The Hall–Kier alpha value is -2.85. The summed E-state index contributed by atoms with van der Waals surface area (Å²) in [6.45, 7) is -0.277. The van der Waals surface area contributed by atoms with Gasteiger partial charge in [0, 0.05) is 10.0 Å². The molecular weight excluding hydrogens is 362 g/mol. The SMILES string of the molecule is N#Cc1ccccc1OCC(=O)N/N=C/c1cc(Br)ccc1O. The minimum Gasteiger partial charge on any atom is -0.507 e. The maximum atomic E-state index is 11.7. The number of rotatable bonds is 5. The van der Waals surface area contributed by atoms with Crippen molar-refractivity contribution in [3.8, 4) is 17.6 Å². The second kappa shape index (κ2) is 7.96. The lowest BCUT2D eigenvalue weighted by Gasteiger charge is -2.06. The zero-order chi connectivity index (χ0) is 16.7. The van der Waals surface area contributed by atoms with Gasteiger partial charge in [0.1, 0.15) is 17.6 Å². The maximum Gasteiger partial charge on any atom is 0.277 e. The molecular formula is C16H12BrN3O3. The maximum absolute atomic E-state index is 11.7. The second-order valence-corrected chi connectivity index (χ2v) is 5.31. The molecule has 0 saturated heterocycles. The number of benzene rings is 2. The Kier molecular flexibility index (Phi) is 5.72. The summed E-state index contributed by atoms with van der Waals surface area (Å²) in [7, 11) is 0. The molecule has 0 aliphatic carbocycles. The lowest BCUT2D eigenvalue weighted by atomic mass is 10.2. The third-order valence-corrected chi connectivity index (χ3v) is 3.24. The molecule has 116 valence electrons. The Morgan fingerprint density at radius 3 is 2.96 bits per heavy atom. The van der Waals surface area contributed by atoms with Gasteiger partial charge in [0.25, 0.3) is 5.91 Å². The van der Waals surface area contributed by atoms with E-state index >= 15 is 0 Å². The van der Waals surface area contributed by atoms with Gasteiger partial charge in [-0.2, -0.15) is 10.4 Å². The number of ether oxygens (including phenoxy) is 1. The molecule has 2 aromatic carbocycles. The molecule has 23 heavy (non-hydrogen) atoms. The van der Waals surface area contributed by atoms with Crippen LogP contribution in [0.3, 0.4) is 0 Å². The lowest BCUT2D eigenvalue weighted by Crippen LogP contribution is -2.24. The van der Waals surface area contributed by atoms with Crippen LogP contribution in [0.25, 0.3) is 0 Å². The fourth-order valence-corrected chi connectivity index (χ4v) is 2.04. The van der Waals surface area contributed by atoms with E-state index in [-0.39, 0.29) is 12.4 Å². The molecule has 0 radical (unpaired) electrons. The van der Waals surface area contributed by atoms with Gasteiger partial charge in [0.15, 0.2) is 6.61 Å². The summed E-state index contributed by atoms with van der Waals surface area (Å²) in [5.41, 5.74) is 3.09. The lowest BCUT2D eigenvalue weighted by molar-refractivity contribution is -0.123. The summed E-state index contributed by atoms with van der Waals surface area (Å²) in [5.74, 6) is -0.104. The Morgan fingerprint density at radius 2 is 2.17 bits per heavy atom. The Labute approximate surface area is 141 Å². The van der Waals surface area contributed by atoms with Gasteiger partial charge in [-0.15, -0.1) is 0 Å². The van der Waals surface area contributed by atoms with Crippen LogP contribution in [0.1, 0.15) is 11.1 Å². The Bertz CT molecular complexity index is 784. The van der Waals surface area contributed by atoms with E-state index in [1.54, 1.807) is 36.4 Å². The van der Waals surface area contributed by atoms with E-state index in [9.17, 15) is 9.90 Å². The van der Waals surface area contributed by atoms with Gasteiger partial charge >= 0.3 is 0 Å². The van der Waals surface area contributed by atoms with Gasteiger partial charge < -0.3 is 9.84 Å². The summed E-state index contributed by atoms with van der Waals surface area (Å²) in [6.07, 6.45) is 1.32. The molecule has 0 spiro atoms. The third kappa shape index (κ3) is 4.83. The van der Waals surface area contributed by atoms with Gasteiger partial charge in [0.2, 0.25) is 0 Å². The van der Waals surface area contributed by atoms with Gasteiger partial charge in [-0.1, -0.05) is 28.1 Å². The van der Waals surface area contributed by atoms with E-state index in [4.69, 9.17) is 10.00 Å². The van der Waals surface area contributed by atoms with E-state index in [0.29, 0.717) is 16.9 Å². The number of carbonyl (C=O) groups is 1. The summed E-state index contributed by atoms with van der Waals surface area (Å²) in [4.78, 5) is 11.7. The number of phenolic OH excluding ortho intramolecular Hbond substituents is 1. The summed E-state index contributed by atoms with van der Waals surface area (Å²) < 4.78 is 6.05. The topological polar surface area (TPSA) is 94.7 Å². The molecule has 0 saturated carbocycles. The molecule has 0 fully saturated rings. The fourth-order valence-electron chi connectivity index (χ4n) is 1.66. The van der Waals surface area contributed by atoms with E-state index in [2.05, 4.69) is 26.5 Å². The zero-order valence-electron chi connectivity index (χ0n) is 11.9. The molecule has 2 aromatic rings. The monoisotopic (exact) mass is 373 g/mol. The number of hydrazone groups is 1. The number of para-hydroxylation sites is 1. The molecule has 0 aliphatic rings. The first-order valence-corrected chi connectivity index (χ1v) is 7.32. The second-order valence-electron chi connectivity index (χ2n) is 4.39. The number of hydrogen-bond donors (Lipinski definition) is 2. The van der Waals surface area contributed by atoms with Crippen LogP contribution in [0.4, 0.5) is 0 Å². The number of nitrogens with zero attached hydrogens (tertiary/aromatic N) is 2. The standard InChI is InChI=1S/C16H12BrN3O3/c17-13-5-6-14(21)12(7-13)9-19-20-16(22)10-23-15-4-2-1-3-11(15)8-18/h1-7,9,21H,10H2,(H,20,22)/b19-9+. The molecule has 0 aromatic heterocycles. The number of hydrogen-bond acceptors (Lipinski definition) is 5. The highest BCUT2D eigenvalue weighted by molar-refractivity contribution is 9.10. The molecule has 2 N–H and O–H groups in total. The highest BCUT2D eigenvalue weighted by Gasteiger charge is 2.05. The van der Waals surface area contributed by atoms with Crippen LogP contribution in [0.5, 0.6) is 11.5 Å². The smallest absolute Gasteiger partial charge is 0.277 e. The number of carbonyl (C=O) groups excluding carboxylic acids is 1. The van der Waals surface area contributed by atoms with E-state index in [0.717, 1.165) is 4.47 Å². The van der Waals surface area contributed by atoms with E-state index in [1.807, 2.05) is 6.07 Å². The van der Waals surface area contributed by atoms with Crippen LogP contribution in [-0.4, -0.2) is 23.8 Å². The van der Waals surface area contributed by atoms with E-state index < -0.39 is 5.91 Å². The quantitative estimate of drug-likeness (QED) is 0.621. The summed E-state index contributed by atoms with van der Waals surface area (Å²) in [6, 6.07) is 13.5. The zero-order valence-corrected chi connectivity index (χ0v) is 13.4. The molecule has 0 unspecified atom stereocenters. The van der Waals surface area contributed by atoms with Crippen molar-refractivity contribution in [2.45, 2.75) is 0 Å². The minimum absolute atomic E-state index is 0.0467. The average molecular weight is 374 g/mol. The molecule has 0 bridgehead atoms.